The second-order valence-electron chi connectivity index (χ2n) is 3.01. The minimum atomic E-state index is -4.72. The fraction of sp³-hybridized carbons (Fsp3) is 0.250. The molecule has 0 fully saturated rings. The van der Waals surface area contributed by atoms with Crippen molar-refractivity contribution < 1.29 is 22.7 Å². The average Bonchev–Trinajstić information content (AvgIpc) is 2.15. The number of anilines is 1. The van der Waals surface area contributed by atoms with Gasteiger partial charge in [0.05, 0.1) is 10.6 Å². The molecule has 1 atom stereocenters. The van der Waals surface area contributed by atoms with Crippen LogP contribution in [0, 0.1) is 0 Å². The number of pyridine rings is 1. The summed E-state index contributed by atoms with van der Waals surface area (Å²) in [7, 11) is 0. The molecule has 0 aromatic carbocycles. The van der Waals surface area contributed by atoms with E-state index in [0.29, 0.717) is 0 Å². The largest absolute Gasteiger partial charge is 0.431 e. The molecule has 1 aromatic rings. The molecule has 0 unspecified atom stereocenters. The fourth-order valence-electron chi connectivity index (χ4n) is 1.32. The minimum absolute atomic E-state index is 0.160. The van der Waals surface area contributed by atoms with E-state index < -0.39 is 18.4 Å². The molecule has 0 saturated heterocycles. The molecule has 0 bridgehead atoms. The van der Waals surface area contributed by atoms with Gasteiger partial charge in [-0.1, -0.05) is 11.6 Å². The Kier molecular flexibility index (Phi) is 2.42. The molecule has 86 valence electrons. The molecule has 0 spiro atoms. The number of nitrogens with zero attached hydrogens (tertiary/aromatic N) is 1. The van der Waals surface area contributed by atoms with Gasteiger partial charge in [-0.3, -0.25) is 5.32 Å². The number of alkyl halides is 3. The highest BCUT2D eigenvalue weighted by molar-refractivity contribution is 6.31. The van der Waals surface area contributed by atoms with E-state index >= 15 is 0 Å². The van der Waals surface area contributed by atoms with Crippen molar-refractivity contribution >= 4 is 23.5 Å². The van der Waals surface area contributed by atoms with Crippen molar-refractivity contribution in [3.05, 3.63) is 22.8 Å². The Morgan fingerprint density at radius 1 is 1.50 bits per heavy atom. The molecule has 2 rings (SSSR count). The summed E-state index contributed by atoms with van der Waals surface area (Å²) in [5.41, 5.74) is -0.378. The maximum absolute atomic E-state index is 12.6. The quantitative estimate of drug-likeness (QED) is 0.772. The highest BCUT2D eigenvalue weighted by Crippen LogP contribution is 2.43. The van der Waals surface area contributed by atoms with Gasteiger partial charge < -0.3 is 4.74 Å². The summed E-state index contributed by atoms with van der Waals surface area (Å²) in [6.07, 6.45) is -7.11. The van der Waals surface area contributed by atoms with E-state index in [0.717, 1.165) is 0 Å². The number of rotatable bonds is 0. The number of carbonyl (C=O) groups excluding carboxylic acids is 1. The Hall–Kier alpha value is -1.50. The zero-order valence-corrected chi connectivity index (χ0v) is 8.26. The SMILES string of the molecule is O=C1Nc2nccc(Cl)c2[C@H](C(F)(F)F)O1. The second kappa shape index (κ2) is 3.51. The lowest BCUT2D eigenvalue weighted by Gasteiger charge is -2.27. The lowest BCUT2D eigenvalue weighted by Crippen LogP contribution is -2.34. The number of amides is 1. The van der Waals surface area contributed by atoms with Gasteiger partial charge in [-0.2, -0.15) is 13.2 Å². The van der Waals surface area contributed by atoms with Crippen molar-refractivity contribution in [1.82, 2.24) is 4.98 Å². The summed E-state index contributed by atoms with van der Waals surface area (Å²) < 4.78 is 41.9. The van der Waals surface area contributed by atoms with E-state index in [1.165, 1.54) is 12.3 Å². The Morgan fingerprint density at radius 3 is 2.81 bits per heavy atom. The first kappa shape index (κ1) is 11.0. The van der Waals surface area contributed by atoms with E-state index in [4.69, 9.17) is 11.6 Å². The van der Waals surface area contributed by atoms with Gasteiger partial charge >= 0.3 is 12.3 Å². The molecule has 16 heavy (non-hydrogen) atoms. The lowest BCUT2D eigenvalue weighted by molar-refractivity contribution is -0.206. The maximum Gasteiger partial charge on any atom is 0.430 e. The first-order chi connectivity index (χ1) is 7.39. The number of nitrogens with one attached hydrogen (secondary N) is 1. The van der Waals surface area contributed by atoms with Gasteiger partial charge in [0.1, 0.15) is 5.82 Å². The zero-order valence-electron chi connectivity index (χ0n) is 7.51. The standard InChI is InChI=1S/C8H4ClF3N2O2/c9-3-1-2-13-6-4(3)5(8(10,11)12)16-7(15)14-6/h1-2,5H,(H,13,14,15)/t5-/m1/s1. The van der Waals surface area contributed by atoms with Gasteiger partial charge in [0.2, 0.25) is 6.10 Å². The molecule has 0 radical (unpaired) electrons. The minimum Gasteiger partial charge on any atom is -0.431 e. The molecule has 8 heteroatoms. The highest BCUT2D eigenvalue weighted by Gasteiger charge is 2.48. The summed E-state index contributed by atoms with van der Waals surface area (Å²) in [6, 6.07) is 1.19. The summed E-state index contributed by atoms with van der Waals surface area (Å²) in [4.78, 5) is 14.5. The first-order valence-corrected chi connectivity index (χ1v) is 4.46. The Bertz CT molecular complexity index is 449. The summed E-state index contributed by atoms with van der Waals surface area (Å²) in [5, 5.41) is 1.89. The van der Waals surface area contributed by atoms with E-state index in [-0.39, 0.29) is 16.4 Å². The predicted octanol–water partition coefficient (Wildman–Crippen LogP) is 2.90. The zero-order chi connectivity index (χ0) is 11.9. The number of hydrogen-bond donors (Lipinski definition) is 1. The molecule has 2 heterocycles. The second-order valence-corrected chi connectivity index (χ2v) is 3.41. The van der Waals surface area contributed by atoms with Crippen LogP contribution in [0.1, 0.15) is 11.7 Å². The molecule has 1 amide bonds. The average molecular weight is 253 g/mol. The third kappa shape index (κ3) is 1.78. The van der Waals surface area contributed by atoms with Crippen LogP contribution in [-0.2, 0) is 4.74 Å². The molecule has 1 aliphatic heterocycles. The monoisotopic (exact) mass is 252 g/mol. The van der Waals surface area contributed by atoms with Crippen molar-refractivity contribution in [3.8, 4) is 0 Å². The van der Waals surface area contributed by atoms with Crippen LogP contribution in [0.5, 0.6) is 0 Å². The topological polar surface area (TPSA) is 51.2 Å². The third-order valence-corrected chi connectivity index (χ3v) is 2.27. The Morgan fingerprint density at radius 2 is 2.19 bits per heavy atom. The van der Waals surface area contributed by atoms with Crippen molar-refractivity contribution in [2.24, 2.45) is 0 Å². The van der Waals surface area contributed by atoms with Crippen LogP contribution >= 0.6 is 11.6 Å². The summed E-state index contributed by atoms with van der Waals surface area (Å²) in [5.74, 6) is -0.230. The number of ether oxygens (including phenoxy) is 1. The number of fused-ring (bicyclic) bond motifs is 1. The number of cyclic esters (lactones) is 1. The third-order valence-electron chi connectivity index (χ3n) is 1.94. The van der Waals surface area contributed by atoms with Crippen LogP contribution in [0.15, 0.2) is 12.3 Å². The summed E-state index contributed by atoms with van der Waals surface area (Å²) >= 11 is 5.62. The predicted molar refractivity (Wildman–Crippen MR) is 48.1 cm³/mol. The smallest absolute Gasteiger partial charge is 0.430 e. The van der Waals surface area contributed by atoms with E-state index in [2.05, 4.69) is 9.72 Å². The van der Waals surface area contributed by atoms with Gasteiger partial charge in [-0.05, 0) is 6.07 Å². The van der Waals surface area contributed by atoms with Crippen LogP contribution < -0.4 is 5.32 Å². The lowest BCUT2D eigenvalue weighted by atomic mass is 10.1. The van der Waals surface area contributed by atoms with Crippen molar-refractivity contribution in [3.63, 3.8) is 0 Å². The number of carbonyl (C=O) groups is 1. The maximum atomic E-state index is 12.6. The number of hydrogen-bond acceptors (Lipinski definition) is 3. The van der Waals surface area contributed by atoms with Gasteiger partial charge in [0.25, 0.3) is 0 Å². The van der Waals surface area contributed by atoms with E-state index in [1.54, 1.807) is 0 Å². The first-order valence-electron chi connectivity index (χ1n) is 4.08. The number of halogens is 4. The van der Waals surface area contributed by atoms with E-state index in [1.807, 2.05) is 5.32 Å². The molecule has 1 aliphatic rings. The van der Waals surface area contributed by atoms with Crippen LogP contribution in [0.25, 0.3) is 0 Å². The van der Waals surface area contributed by atoms with Crippen LogP contribution in [0.3, 0.4) is 0 Å². The fourth-order valence-corrected chi connectivity index (χ4v) is 1.57. The van der Waals surface area contributed by atoms with Gasteiger partial charge in [0, 0.05) is 6.20 Å². The molecule has 0 aliphatic carbocycles. The number of aromatic nitrogens is 1. The van der Waals surface area contributed by atoms with Crippen LogP contribution in [-0.4, -0.2) is 17.3 Å². The van der Waals surface area contributed by atoms with Gasteiger partial charge in [-0.15, -0.1) is 0 Å². The van der Waals surface area contributed by atoms with Crippen molar-refractivity contribution in [2.75, 3.05) is 5.32 Å². The molecule has 1 aromatic heterocycles. The van der Waals surface area contributed by atoms with E-state index in [9.17, 15) is 18.0 Å². The summed E-state index contributed by atoms with van der Waals surface area (Å²) in [6.45, 7) is 0. The van der Waals surface area contributed by atoms with Gasteiger partial charge in [0.15, 0.2) is 0 Å². The van der Waals surface area contributed by atoms with Crippen molar-refractivity contribution in [2.45, 2.75) is 12.3 Å². The molecular formula is C8H4ClF3N2O2. The highest BCUT2D eigenvalue weighted by atomic mass is 35.5. The van der Waals surface area contributed by atoms with Crippen LogP contribution in [0.4, 0.5) is 23.8 Å². The Balaban J connectivity index is 2.56. The Labute approximate surface area is 92.4 Å². The van der Waals surface area contributed by atoms with Gasteiger partial charge in [-0.25, -0.2) is 9.78 Å². The normalized spacial score (nSPS) is 19.8. The van der Waals surface area contributed by atoms with Crippen molar-refractivity contribution in [1.29, 1.82) is 0 Å². The molecule has 1 N–H and O–H groups in total. The molecule has 0 saturated carbocycles. The van der Waals surface area contributed by atoms with Crippen LogP contribution in [0.2, 0.25) is 5.02 Å². The molecule has 4 nitrogen and oxygen atoms in total. The molecular weight excluding hydrogens is 249 g/mol.